The van der Waals surface area contributed by atoms with Gasteiger partial charge in [0, 0.05) is 31.6 Å². The minimum Gasteiger partial charge on any atom is -0.444 e. The van der Waals surface area contributed by atoms with Gasteiger partial charge in [-0.1, -0.05) is 61.0 Å². The molecule has 0 aromatic heterocycles. The molecule has 0 aromatic carbocycles. The molecule has 8 atom stereocenters. The van der Waals surface area contributed by atoms with Crippen molar-refractivity contribution in [1.82, 2.24) is 15.5 Å². The Labute approximate surface area is 291 Å². The fourth-order valence-corrected chi connectivity index (χ4v) is 13.1. The van der Waals surface area contributed by atoms with E-state index in [0.29, 0.717) is 42.5 Å². The van der Waals surface area contributed by atoms with Crippen molar-refractivity contribution in [3.05, 3.63) is 11.1 Å². The molecule has 0 spiro atoms. The zero-order chi connectivity index (χ0) is 35.2. The highest BCUT2D eigenvalue weighted by molar-refractivity contribution is 6.00. The number of Topliss-reactive ketones (excluding diaryl/α,β-unsaturated/α-hetero) is 1. The lowest BCUT2D eigenvalue weighted by Gasteiger charge is -2.72. The maximum Gasteiger partial charge on any atom is 0.407 e. The number of amides is 3. The number of carbonyl (C=O) groups excluding carboxylic acids is 3. The molecule has 1 saturated heterocycles. The van der Waals surface area contributed by atoms with Crippen LogP contribution in [-0.4, -0.2) is 53.6 Å². The van der Waals surface area contributed by atoms with Crippen LogP contribution in [0, 0.1) is 50.7 Å². The van der Waals surface area contributed by atoms with Gasteiger partial charge in [-0.15, -0.1) is 0 Å². The van der Waals surface area contributed by atoms with E-state index in [0.717, 1.165) is 38.5 Å². The molecule has 6 rings (SSSR count). The number of ether oxygens (including phenoxy) is 1. The van der Waals surface area contributed by atoms with Crippen LogP contribution in [0.5, 0.6) is 0 Å². The van der Waals surface area contributed by atoms with Crippen LogP contribution in [0.4, 0.5) is 9.59 Å². The molecule has 270 valence electrons. The number of piperidine rings is 1. The summed E-state index contributed by atoms with van der Waals surface area (Å²) in [5.41, 5.74) is 2.99. The van der Waals surface area contributed by atoms with E-state index in [2.05, 4.69) is 66.0 Å². The number of likely N-dealkylation sites (tertiary alicyclic amines) is 1. The Morgan fingerprint density at radius 3 is 2.10 bits per heavy atom. The third-order valence-electron chi connectivity index (χ3n) is 15.6. The molecule has 1 heterocycles. The molecule has 3 amide bonds. The zero-order valence-corrected chi connectivity index (χ0v) is 32.2. The average Bonchev–Trinajstić information content (AvgIpc) is 3.24. The van der Waals surface area contributed by atoms with Crippen molar-refractivity contribution in [2.75, 3.05) is 13.1 Å². The number of alkyl carbamates (subject to hydrolysis) is 1. The zero-order valence-electron chi connectivity index (χ0n) is 32.2. The van der Waals surface area contributed by atoms with Crippen molar-refractivity contribution in [2.24, 2.45) is 50.7 Å². The molecule has 0 bridgehead atoms. The number of fused-ring (bicyclic) bond motifs is 7. The Balaban J connectivity index is 1.14. The van der Waals surface area contributed by atoms with Crippen molar-refractivity contribution >= 4 is 17.9 Å². The summed E-state index contributed by atoms with van der Waals surface area (Å²) in [6, 6.07) is 0.229. The summed E-state index contributed by atoms with van der Waals surface area (Å²) in [7, 11) is 0. The lowest BCUT2D eigenvalue weighted by molar-refractivity contribution is -0.215. The van der Waals surface area contributed by atoms with Gasteiger partial charge in [0.05, 0.1) is 0 Å². The topological polar surface area (TPSA) is 87.7 Å². The molecule has 5 aliphatic carbocycles. The van der Waals surface area contributed by atoms with Crippen LogP contribution >= 0.6 is 0 Å². The van der Waals surface area contributed by atoms with Crippen molar-refractivity contribution in [2.45, 2.75) is 164 Å². The molecule has 0 radical (unpaired) electrons. The van der Waals surface area contributed by atoms with Crippen LogP contribution in [0.15, 0.2) is 11.1 Å². The Kier molecular flexibility index (Phi) is 8.76. The predicted molar refractivity (Wildman–Crippen MR) is 191 cm³/mol. The van der Waals surface area contributed by atoms with E-state index in [-0.39, 0.29) is 51.3 Å². The van der Waals surface area contributed by atoms with Crippen LogP contribution in [0.1, 0.15) is 147 Å². The SMILES string of the molecule is CC(C)C1=C2[C@H]3CC[C@@H]4[C@@]5(C)CCC(NC(=O)N6CCC(NC(=O)OC(C)(C)C)CC6)C(C)(C)[C@@H]5CC[C@@]4(C)[C@]3(C)CC[C@@]2(C)CC1=O. The van der Waals surface area contributed by atoms with Gasteiger partial charge in [0.2, 0.25) is 0 Å². The molecule has 7 heteroatoms. The predicted octanol–water partition coefficient (Wildman–Crippen LogP) is 9.05. The van der Waals surface area contributed by atoms with Gasteiger partial charge in [-0.2, -0.15) is 0 Å². The normalized spacial score (nSPS) is 41.2. The third kappa shape index (κ3) is 5.54. The Morgan fingerprint density at radius 2 is 1.48 bits per heavy atom. The largest absolute Gasteiger partial charge is 0.444 e. The van der Waals surface area contributed by atoms with Crippen molar-refractivity contribution in [3.8, 4) is 0 Å². The summed E-state index contributed by atoms with van der Waals surface area (Å²) in [6.07, 6.45) is 11.3. The lowest BCUT2D eigenvalue weighted by Crippen LogP contribution is -2.67. The summed E-state index contributed by atoms with van der Waals surface area (Å²) >= 11 is 0. The summed E-state index contributed by atoms with van der Waals surface area (Å²) in [4.78, 5) is 41.3. The molecule has 48 heavy (non-hydrogen) atoms. The first-order valence-electron chi connectivity index (χ1n) is 19.5. The van der Waals surface area contributed by atoms with E-state index in [1.54, 1.807) is 5.57 Å². The van der Waals surface area contributed by atoms with E-state index in [4.69, 9.17) is 4.74 Å². The van der Waals surface area contributed by atoms with Crippen molar-refractivity contribution < 1.29 is 19.1 Å². The fourth-order valence-electron chi connectivity index (χ4n) is 13.1. The highest BCUT2D eigenvalue weighted by atomic mass is 16.6. The number of urea groups is 1. The highest BCUT2D eigenvalue weighted by Crippen LogP contribution is 2.76. The number of rotatable bonds is 3. The number of nitrogens with zero attached hydrogens (tertiary/aromatic N) is 1. The lowest BCUT2D eigenvalue weighted by atomic mass is 9.33. The van der Waals surface area contributed by atoms with E-state index in [1.807, 2.05) is 25.7 Å². The molecule has 1 unspecified atom stereocenters. The fraction of sp³-hybridized carbons (Fsp3) is 0.878. The standard InChI is InChI=1S/C41H67N3O4/c1-25(2)32-28(45)24-38(8)20-21-40(10)27(33(32)38)12-13-30-39(9)18-15-31(37(6,7)29(39)14-19-41(30,40)11)43-34(46)44-22-16-26(17-23-44)42-35(47)48-36(3,4)5/h25-27,29-31H,12-24H2,1-11H3,(H,42,47)(H,43,46)/t27-,29+,30-,31?,38+,39+,40-,41-/m1/s1. The first-order valence-corrected chi connectivity index (χ1v) is 19.5. The summed E-state index contributed by atoms with van der Waals surface area (Å²) in [6.45, 7) is 26.6. The number of hydrogen-bond acceptors (Lipinski definition) is 4. The van der Waals surface area contributed by atoms with Gasteiger partial charge in [0.1, 0.15) is 5.60 Å². The second kappa shape index (κ2) is 11.8. The van der Waals surface area contributed by atoms with Crippen molar-refractivity contribution in [3.63, 3.8) is 0 Å². The summed E-state index contributed by atoms with van der Waals surface area (Å²) in [5.74, 6) is 2.47. The van der Waals surface area contributed by atoms with E-state index in [9.17, 15) is 14.4 Å². The summed E-state index contributed by atoms with van der Waals surface area (Å²) < 4.78 is 5.44. The maximum atomic E-state index is 13.7. The van der Waals surface area contributed by atoms with Crippen LogP contribution in [0.3, 0.4) is 0 Å². The quantitative estimate of drug-likeness (QED) is 0.315. The Morgan fingerprint density at radius 1 is 0.812 bits per heavy atom. The number of nitrogens with one attached hydrogen (secondary N) is 2. The van der Waals surface area contributed by atoms with E-state index >= 15 is 0 Å². The van der Waals surface area contributed by atoms with E-state index < -0.39 is 5.60 Å². The number of carbonyl (C=O) groups is 3. The Hall–Kier alpha value is -2.05. The van der Waals surface area contributed by atoms with Crippen LogP contribution in [0.2, 0.25) is 0 Å². The van der Waals surface area contributed by atoms with Gasteiger partial charge in [-0.05, 0) is 141 Å². The first-order chi connectivity index (χ1) is 22.2. The van der Waals surface area contributed by atoms with Crippen LogP contribution in [0.25, 0.3) is 0 Å². The average molecular weight is 666 g/mol. The van der Waals surface area contributed by atoms with Gasteiger partial charge in [0.25, 0.3) is 0 Å². The molecule has 4 saturated carbocycles. The molecule has 2 N–H and O–H groups in total. The molecule has 0 aromatic rings. The minimum atomic E-state index is -0.521. The Bertz CT molecular complexity index is 1350. The molecule has 7 nitrogen and oxygen atoms in total. The van der Waals surface area contributed by atoms with Crippen LogP contribution in [-0.2, 0) is 9.53 Å². The second-order valence-corrected chi connectivity index (χ2v) is 20.0. The maximum absolute atomic E-state index is 13.7. The smallest absolute Gasteiger partial charge is 0.407 e. The van der Waals surface area contributed by atoms with Gasteiger partial charge in [-0.25, -0.2) is 9.59 Å². The molecule has 6 aliphatic rings. The monoisotopic (exact) mass is 666 g/mol. The second-order valence-electron chi connectivity index (χ2n) is 20.0. The molecular formula is C41H67N3O4. The molecule has 5 fully saturated rings. The van der Waals surface area contributed by atoms with Crippen LogP contribution < -0.4 is 10.6 Å². The minimum absolute atomic E-state index is 0.00527. The number of ketones is 1. The number of hydrogen-bond donors (Lipinski definition) is 2. The third-order valence-corrected chi connectivity index (χ3v) is 15.6. The molecular weight excluding hydrogens is 598 g/mol. The first kappa shape index (κ1) is 35.8. The number of allylic oxidation sites excluding steroid dienone is 2. The van der Waals surface area contributed by atoms with Gasteiger partial charge >= 0.3 is 12.1 Å². The van der Waals surface area contributed by atoms with Gasteiger partial charge in [0.15, 0.2) is 5.78 Å². The van der Waals surface area contributed by atoms with Gasteiger partial charge in [-0.3, -0.25) is 4.79 Å². The van der Waals surface area contributed by atoms with E-state index in [1.165, 1.54) is 37.7 Å². The summed E-state index contributed by atoms with van der Waals surface area (Å²) in [5, 5.41) is 6.53. The van der Waals surface area contributed by atoms with Crippen molar-refractivity contribution in [1.29, 1.82) is 0 Å². The molecule has 1 aliphatic heterocycles. The van der Waals surface area contributed by atoms with Gasteiger partial charge < -0.3 is 20.3 Å². The highest BCUT2D eigenvalue weighted by Gasteiger charge is 2.69.